The zero-order valence-corrected chi connectivity index (χ0v) is 12.9. The first-order valence-corrected chi connectivity index (χ1v) is 7.80. The summed E-state index contributed by atoms with van der Waals surface area (Å²) in [7, 11) is 0. The van der Waals surface area contributed by atoms with Crippen molar-refractivity contribution in [3.05, 3.63) is 71.0 Å². The number of pyridine rings is 1. The summed E-state index contributed by atoms with van der Waals surface area (Å²) in [5.41, 5.74) is 3.62. The van der Waals surface area contributed by atoms with E-state index in [-0.39, 0.29) is 5.91 Å². The fourth-order valence-electron chi connectivity index (χ4n) is 2.09. The van der Waals surface area contributed by atoms with Crippen molar-refractivity contribution in [2.45, 2.75) is 13.5 Å². The van der Waals surface area contributed by atoms with Gasteiger partial charge in [-0.2, -0.15) is 0 Å². The quantitative estimate of drug-likeness (QED) is 0.803. The van der Waals surface area contributed by atoms with Crippen LogP contribution in [0.1, 0.15) is 21.6 Å². The van der Waals surface area contributed by atoms with E-state index in [4.69, 9.17) is 0 Å². The van der Waals surface area contributed by atoms with Crippen molar-refractivity contribution in [2.75, 3.05) is 0 Å². The summed E-state index contributed by atoms with van der Waals surface area (Å²) in [5, 5.41) is 5.47. The Morgan fingerprint density at radius 1 is 1.27 bits per heavy atom. The number of thiazole rings is 1. The Morgan fingerprint density at radius 2 is 2.18 bits per heavy atom. The third-order valence-electron chi connectivity index (χ3n) is 3.18. The first kappa shape index (κ1) is 14.4. The first-order chi connectivity index (χ1) is 10.7. The van der Waals surface area contributed by atoms with Crippen molar-refractivity contribution < 1.29 is 4.79 Å². The average Bonchev–Trinajstić information content (AvgIpc) is 3.04. The molecule has 0 radical (unpaired) electrons. The summed E-state index contributed by atoms with van der Waals surface area (Å²) in [6.45, 7) is 2.53. The predicted octanol–water partition coefficient (Wildman–Crippen LogP) is 3.44. The molecule has 110 valence electrons. The maximum absolute atomic E-state index is 12.2. The average molecular weight is 309 g/mol. The highest BCUT2D eigenvalue weighted by molar-refractivity contribution is 7.13. The second kappa shape index (κ2) is 6.49. The summed E-state index contributed by atoms with van der Waals surface area (Å²) < 4.78 is 0. The molecule has 0 fully saturated rings. The van der Waals surface area contributed by atoms with E-state index in [1.165, 1.54) is 16.9 Å². The minimum absolute atomic E-state index is 0.159. The van der Waals surface area contributed by atoms with Gasteiger partial charge in [-0.3, -0.25) is 9.78 Å². The van der Waals surface area contributed by atoms with Gasteiger partial charge in [-0.15, -0.1) is 11.3 Å². The van der Waals surface area contributed by atoms with E-state index in [1.807, 2.05) is 37.3 Å². The van der Waals surface area contributed by atoms with Gasteiger partial charge in [-0.25, -0.2) is 4.98 Å². The number of carbonyl (C=O) groups is 1. The minimum Gasteiger partial charge on any atom is -0.347 e. The number of hydrogen-bond acceptors (Lipinski definition) is 4. The molecule has 0 atom stereocenters. The number of amides is 1. The van der Waals surface area contributed by atoms with E-state index in [0.717, 1.165) is 16.1 Å². The van der Waals surface area contributed by atoms with Crippen LogP contribution in [0.2, 0.25) is 0 Å². The number of nitrogens with zero attached hydrogens (tertiary/aromatic N) is 2. The topological polar surface area (TPSA) is 54.9 Å². The highest BCUT2D eigenvalue weighted by Gasteiger charge is 2.11. The van der Waals surface area contributed by atoms with E-state index in [9.17, 15) is 4.79 Å². The predicted molar refractivity (Wildman–Crippen MR) is 87.7 cm³/mol. The van der Waals surface area contributed by atoms with Gasteiger partial charge in [-0.05, 0) is 24.6 Å². The van der Waals surface area contributed by atoms with Gasteiger partial charge in [-0.1, -0.05) is 29.8 Å². The van der Waals surface area contributed by atoms with E-state index in [0.29, 0.717) is 12.2 Å². The van der Waals surface area contributed by atoms with Crippen LogP contribution in [0.4, 0.5) is 0 Å². The molecule has 0 aliphatic rings. The van der Waals surface area contributed by atoms with Crippen molar-refractivity contribution in [3.8, 4) is 10.6 Å². The van der Waals surface area contributed by atoms with Crippen LogP contribution in [0, 0.1) is 6.92 Å². The lowest BCUT2D eigenvalue weighted by molar-refractivity contribution is 0.0946. The van der Waals surface area contributed by atoms with Crippen LogP contribution in [0.3, 0.4) is 0 Å². The number of aryl methyl sites for hydroxylation is 1. The molecule has 0 spiro atoms. The van der Waals surface area contributed by atoms with E-state index in [1.54, 1.807) is 17.8 Å². The Kier molecular flexibility index (Phi) is 4.25. The first-order valence-electron chi connectivity index (χ1n) is 6.92. The van der Waals surface area contributed by atoms with Gasteiger partial charge >= 0.3 is 0 Å². The molecule has 0 aliphatic heterocycles. The van der Waals surface area contributed by atoms with Gasteiger partial charge in [0, 0.05) is 29.9 Å². The molecule has 0 aliphatic carbocycles. The van der Waals surface area contributed by atoms with E-state index < -0.39 is 0 Å². The smallest absolute Gasteiger partial charge is 0.271 e. The molecule has 1 amide bonds. The maximum atomic E-state index is 12.2. The number of rotatable bonds is 4. The Morgan fingerprint density at radius 3 is 2.95 bits per heavy atom. The molecular weight excluding hydrogens is 294 g/mol. The molecule has 4 nitrogen and oxygen atoms in total. The maximum Gasteiger partial charge on any atom is 0.271 e. The molecule has 3 aromatic rings. The summed E-state index contributed by atoms with van der Waals surface area (Å²) in [6.07, 6.45) is 3.46. The number of aromatic nitrogens is 2. The monoisotopic (exact) mass is 309 g/mol. The number of carbonyl (C=O) groups excluding carboxylic acids is 1. The standard InChI is InChI=1S/C17H15N3OS/c1-12-4-2-5-13(8-12)9-19-16(21)15-11-22-17(20-15)14-6-3-7-18-10-14/h2-8,10-11H,9H2,1H3,(H,19,21). The van der Waals surface area contributed by atoms with Crippen LogP contribution in [0.5, 0.6) is 0 Å². The van der Waals surface area contributed by atoms with E-state index in [2.05, 4.69) is 21.4 Å². The molecule has 22 heavy (non-hydrogen) atoms. The van der Waals surface area contributed by atoms with Gasteiger partial charge in [0.15, 0.2) is 0 Å². The van der Waals surface area contributed by atoms with Crippen molar-refractivity contribution in [1.29, 1.82) is 0 Å². The van der Waals surface area contributed by atoms with Crippen LogP contribution in [-0.4, -0.2) is 15.9 Å². The normalized spacial score (nSPS) is 10.4. The minimum atomic E-state index is -0.159. The Bertz CT molecular complexity index is 783. The van der Waals surface area contributed by atoms with Gasteiger partial charge < -0.3 is 5.32 Å². The van der Waals surface area contributed by atoms with Crippen LogP contribution < -0.4 is 5.32 Å². The highest BCUT2D eigenvalue weighted by Crippen LogP contribution is 2.22. The SMILES string of the molecule is Cc1cccc(CNC(=O)c2csc(-c3cccnc3)n2)c1. The lowest BCUT2D eigenvalue weighted by Crippen LogP contribution is -2.23. The van der Waals surface area contributed by atoms with Crippen LogP contribution in [0.15, 0.2) is 54.2 Å². The molecule has 1 aromatic carbocycles. The van der Waals surface area contributed by atoms with Crippen molar-refractivity contribution in [1.82, 2.24) is 15.3 Å². The lowest BCUT2D eigenvalue weighted by Gasteiger charge is -2.04. The van der Waals surface area contributed by atoms with E-state index >= 15 is 0 Å². The Balaban J connectivity index is 1.67. The highest BCUT2D eigenvalue weighted by atomic mass is 32.1. The third kappa shape index (κ3) is 3.38. The molecule has 5 heteroatoms. The fourth-order valence-corrected chi connectivity index (χ4v) is 2.89. The molecule has 1 N–H and O–H groups in total. The summed E-state index contributed by atoms with van der Waals surface area (Å²) in [5.74, 6) is -0.159. The number of benzene rings is 1. The molecule has 2 aromatic heterocycles. The number of nitrogens with one attached hydrogen (secondary N) is 1. The molecule has 0 unspecified atom stereocenters. The molecule has 0 saturated carbocycles. The van der Waals surface area contributed by atoms with Crippen LogP contribution >= 0.6 is 11.3 Å². The van der Waals surface area contributed by atoms with Crippen LogP contribution in [-0.2, 0) is 6.54 Å². The Hall–Kier alpha value is -2.53. The summed E-state index contributed by atoms with van der Waals surface area (Å²) in [6, 6.07) is 11.9. The second-order valence-electron chi connectivity index (χ2n) is 4.95. The zero-order valence-electron chi connectivity index (χ0n) is 12.1. The summed E-state index contributed by atoms with van der Waals surface area (Å²) >= 11 is 1.44. The van der Waals surface area contributed by atoms with Gasteiger partial charge in [0.1, 0.15) is 10.7 Å². The second-order valence-corrected chi connectivity index (χ2v) is 5.81. The largest absolute Gasteiger partial charge is 0.347 e. The third-order valence-corrected chi connectivity index (χ3v) is 4.07. The molecule has 3 rings (SSSR count). The molecule has 2 heterocycles. The zero-order chi connectivity index (χ0) is 15.4. The van der Waals surface area contributed by atoms with Crippen LogP contribution in [0.25, 0.3) is 10.6 Å². The number of hydrogen-bond donors (Lipinski definition) is 1. The lowest BCUT2D eigenvalue weighted by atomic mass is 10.1. The fraction of sp³-hybridized carbons (Fsp3) is 0.118. The van der Waals surface area contributed by atoms with Crippen molar-refractivity contribution in [2.24, 2.45) is 0 Å². The molecular formula is C17H15N3OS. The van der Waals surface area contributed by atoms with Crippen molar-refractivity contribution in [3.63, 3.8) is 0 Å². The van der Waals surface area contributed by atoms with Gasteiger partial charge in [0.2, 0.25) is 0 Å². The molecule has 0 bridgehead atoms. The summed E-state index contributed by atoms with van der Waals surface area (Å²) in [4.78, 5) is 20.6. The van der Waals surface area contributed by atoms with Gasteiger partial charge in [0.25, 0.3) is 5.91 Å². The van der Waals surface area contributed by atoms with Crippen molar-refractivity contribution >= 4 is 17.2 Å². The van der Waals surface area contributed by atoms with Gasteiger partial charge in [0.05, 0.1) is 0 Å². The Labute approximate surface area is 132 Å². The molecule has 0 saturated heterocycles.